The molecule has 17 heavy (non-hydrogen) atoms. The molecule has 0 aliphatic carbocycles. The number of nitrogens with one attached hydrogen (secondary N) is 1. The first kappa shape index (κ1) is 12.4. The van der Waals surface area contributed by atoms with Crippen molar-refractivity contribution in [1.82, 2.24) is 19.3 Å². The lowest BCUT2D eigenvalue weighted by atomic mass is 9.92. The van der Waals surface area contributed by atoms with E-state index >= 15 is 0 Å². The van der Waals surface area contributed by atoms with Crippen molar-refractivity contribution < 1.29 is 0 Å². The summed E-state index contributed by atoms with van der Waals surface area (Å²) in [6, 6.07) is 0. The fourth-order valence-electron chi connectivity index (χ4n) is 2.03. The summed E-state index contributed by atoms with van der Waals surface area (Å²) in [6.07, 6.45) is 1.10. The van der Waals surface area contributed by atoms with Crippen LogP contribution in [0.5, 0.6) is 0 Å². The molecule has 2 aromatic heterocycles. The van der Waals surface area contributed by atoms with Crippen LogP contribution in [0, 0.1) is 17.1 Å². The molecule has 94 valence electrons. The minimum atomic E-state index is 0.312. The maximum Gasteiger partial charge on any atom is 0.179 e. The second-order valence-electron chi connectivity index (χ2n) is 5.80. The summed E-state index contributed by atoms with van der Waals surface area (Å²) >= 11 is 5.38. The minimum Gasteiger partial charge on any atom is -0.328 e. The smallest absolute Gasteiger partial charge is 0.179 e. The van der Waals surface area contributed by atoms with Crippen LogP contribution in [0.3, 0.4) is 0 Å². The maximum absolute atomic E-state index is 5.38. The van der Waals surface area contributed by atoms with E-state index < -0.39 is 0 Å². The largest absolute Gasteiger partial charge is 0.328 e. The Hall–Kier alpha value is -1.10. The van der Waals surface area contributed by atoms with E-state index in [1.54, 1.807) is 0 Å². The summed E-state index contributed by atoms with van der Waals surface area (Å²) in [5.74, 6) is 0. The zero-order valence-electron chi connectivity index (χ0n) is 11.2. The molecule has 2 rings (SSSR count). The Morgan fingerprint density at radius 1 is 1.35 bits per heavy atom. The number of aryl methyl sites for hydroxylation is 3. The van der Waals surface area contributed by atoms with Gasteiger partial charge in [-0.3, -0.25) is 4.68 Å². The van der Waals surface area contributed by atoms with E-state index in [2.05, 4.69) is 35.4 Å². The molecule has 5 heteroatoms. The second kappa shape index (κ2) is 3.98. The summed E-state index contributed by atoms with van der Waals surface area (Å²) in [4.78, 5) is 3.25. The van der Waals surface area contributed by atoms with Crippen molar-refractivity contribution in [2.75, 3.05) is 0 Å². The Balaban J connectivity index is 2.46. The van der Waals surface area contributed by atoms with Crippen molar-refractivity contribution in [3.05, 3.63) is 10.5 Å². The van der Waals surface area contributed by atoms with Gasteiger partial charge in [-0.25, -0.2) is 0 Å². The average molecular weight is 252 g/mol. The molecule has 4 nitrogen and oxygen atoms in total. The van der Waals surface area contributed by atoms with E-state index in [9.17, 15) is 0 Å². The van der Waals surface area contributed by atoms with Crippen LogP contribution in [-0.4, -0.2) is 19.3 Å². The summed E-state index contributed by atoms with van der Waals surface area (Å²) < 4.78 is 4.84. The first-order valence-electron chi connectivity index (χ1n) is 5.92. The van der Waals surface area contributed by atoms with Gasteiger partial charge in [-0.05, 0) is 31.0 Å². The molecule has 2 aromatic rings. The van der Waals surface area contributed by atoms with Crippen LogP contribution in [-0.2, 0) is 13.6 Å². The molecule has 0 saturated carbocycles. The average Bonchev–Trinajstić information content (AvgIpc) is 2.62. The molecule has 0 fully saturated rings. The lowest BCUT2D eigenvalue weighted by Gasteiger charge is -2.18. The van der Waals surface area contributed by atoms with Crippen LogP contribution in [0.25, 0.3) is 11.2 Å². The molecule has 2 heterocycles. The number of aromatic amines is 1. The van der Waals surface area contributed by atoms with E-state index in [-0.39, 0.29) is 0 Å². The monoisotopic (exact) mass is 252 g/mol. The van der Waals surface area contributed by atoms with Gasteiger partial charge < -0.3 is 9.55 Å². The standard InChI is InChI=1S/C12H20N4S/c1-8-9-10(15(5)14-8)16(11(17)13-9)7-6-12(2,3)4/h6-7H2,1-5H3,(H,13,17). The molecular formula is C12H20N4S. The Morgan fingerprint density at radius 2 is 2.00 bits per heavy atom. The molecular weight excluding hydrogens is 232 g/mol. The SMILES string of the molecule is Cc1nn(C)c2c1[nH]c(=S)n2CCC(C)(C)C. The van der Waals surface area contributed by atoms with Crippen LogP contribution in [0.1, 0.15) is 32.9 Å². The highest BCUT2D eigenvalue weighted by molar-refractivity contribution is 7.71. The van der Waals surface area contributed by atoms with Crippen molar-refractivity contribution in [1.29, 1.82) is 0 Å². The summed E-state index contributed by atoms with van der Waals surface area (Å²) in [6.45, 7) is 9.67. The van der Waals surface area contributed by atoms with Gasteiger partial charge in [0.25, 0.3) is 0 Å². The molecule has 0 atom stereocenters. The quantitative estimate of drug-likeness (QED) is 0.834. The zero-order valence-corrected chi connectivity index (χ0v) is 12.0. The highest BCUT2D eigenvalue weighted by Crippen LogP contribution is 2.22. The predicted octanol–water partition coefficient (Wildman–Crippen LogP) is 3.18. The van der Waals surface area contributed by atoms with E-state index in [1.165, 1.54) is 0 Å². The molecule has 0 unspecified atom stereocenters. The third kappa shape index (κ3) is 2.29. The van der Waals surface area contributed by atoms with Gasteiger partial charge in [0, 0.05) is 13.6 Å². The van der Waals surface area contributed by atoms with Crippen molar-refractivity contribution in [2.24, 2.45) is 12.5 Å². The van der Waals surface area contributed by atoms with Gasteiger partial charge >= 0.3 is 0 Å². The van der Waals surface area contributed by atoms with Crippen LogP contribution < -0.4 is 0 Å². The number of aromatic nitrogens is 4. The topological polar surface area (TPSA) is 38.5 Å². The second-order valence-corrected chi connectivity index (χ2v) is 6.19. The number of H-pyrrole nitrogens is 1. The summed E-state index contributed by atoms with van der Waals surface area (Å²) in [5.41, 5.74) is 3.47. The third-order valence-electron chi connectivity index (χ3n) is 3.01. The molecule has 0 amide bonds. The first-order valence-corrected chi connectivity index (χ1v) is 6.32. The number of rotatable bonds is 2. The van der Waals surface area contributed by atoms with Crippen LogP contribution >= 0.6 is 12.2 Å². The Bertz CT molecular complexity index is 594. The normalized spacial score (nSPS) is 12.5. The number of fused-ring (bicyclic) bond motifs is 1. The van der Waals surface area contributed by atoms with Gasteiger partial charge in [0.15, 0.2) is 10.4 Å². The van der Waals surface area contributed by atoms with Gasteiger partial charge in [0.05, 0.1) is 5.69 Å². The van der Waals surface area contributed by atoms with Crippen LogP contribution in [0.15, 0.2) is 0 Å². The van der Waals surface area contributed by atoms with Gasteiger partial charge in [0.2, 0.25) is 0 Å². The fourth-order valence-corrected chi connectivity index (χ4v) is 2.31. The third-order valence-corrected chi connectivity index (χ3v) is 3.33. The highest BCUT2D eigenvalue weighted by atomic mass is 32.1. The van der Waals surface area contributed by atoms with Crippen LogP contribution in [0.4, 0.5) is 0 Å². The van der Waals surface area contributed by atoms with Gasteiger partial charge in [-0.1, -0.05) is 20.8 Å². The molecule has 0 aliphatic heterocycles. The minimum absolute atomic E-state index is 0.312. The lowest BCUT2D eigenvalue weighted by molar-refractivity contribution is 0.350. The van der Waals surface area contributed by atoms with Gasteiger partial charge in [-0.15, -0.1) is 0 Å². The Morgan fingerprint density at radius 3 is 2.59 bits per heavy atom. The molecule has 0 bridgehead atoms. The lowest BCUT2D eigenvalue weighted by Crippen LogP contribution is -2.11. The van der Waals surface area contributed by atoms with E-state index in [1.807, 2.05) is 18.7 Å². The zero-order chi connectivity index (χ0) is 12.8. The fraction of sp³-hybridized carbons (Fsp3) is 0.667. The molecule has 0 aromatic carbocycles. The van der Waals surface area contributed by atoms with E-state index in [4.69, 9.17) is 12.2 Å². The van der Waals surface area contributed by atoms with Gasteiger partial charge in [0.1, 0.15) is 5.52 Å². The number of hydrogen-bond acceptors (Lipinski definition) is 2. The molecule has 0 spiro atoms. The number of imidazole rings is 1. The Labute approximate surface area is 107 Å². The van der Waals surface area contributed by atoms with Crippen LogP contribution in [0.2, 0.25) is 0 Å². The van der Waals surface area contributed by atoms with Crippen molar-refractivity contribution >= 4 is 23.4 Å². The van der Waals surface area contributed by atoms with Crippen molar-refractivity contribution in [2.45, 2.75) is 40.7 Å². The van der Waals surface area contributed by atoms with Gasteiger partial charge in [-0.2, -0.15) is 5.10 Å². The number of hydrogen-bond donors (Lipinski definition) is 1. The summed E-state index contributed by atoms with van der Waals surface area (Å²) in [7, 11) is 1.96. The number of nitrogens with zero attached hydrogens (tertiary/aromatic N) is 3. The van der Waals surface area contributed by atoms with E-state index in [0.717, 1.165) is 34.6 Å². The van der Waals surface area contributed by atoms with Crippen molar-refractivity contribution in [3.63, 3.8) is 0 Å². The molecule has 0 aliphatic rings. The van der Waals surface area contributed by atoms with Crippen molar-refractivity contribution in [3.8, 4) is 0 Å². The highest BCUT2D eigenvalue weighted by Gasteiger charge is 2.15. The predicted molar refractivity (Wildman–Crippen MR) is 72.7 cm³/mol. The molecule has 0 radical (unpaired) electrons. The maximum atomic E-state index is 5.38. The molecule has 1 N–H and O–H groups in total. The Kier molecular flexibility index (Phi) is 2.89. The van der Waals surface area contributed by atoms with E-state index in [0.29, 0.717) is 5.41 Å². The molecule has 0 saturated heterocycles. The summed E-state index contributed by atoms with van der Waals surface area (Å²) in [5, 5.41) is 4.41. The first-order chi connectivity index (χ1) is 7.79.